The summed E-state index contributed by atoms with van der Waals surface area (Å²) in [6, 6.07) is 17.5. The Kier molecular flexibility index (Phi) is 10.8. The molecule has 0 spiro atoms. The van der Waals surface area contributed by atoms with Crippen molar-refractivity contribution in [2.45, 2.75) is 85.0 Å². The third-order valence-electron chi connectivity index (χ3n) is 6.97. The summed E-state index contributed by atoms with van der Waals surface area (Å²) in [4.78, 5) is 21.5. The molecule has 0 radical (unpaired) electrons. The van der Waals surface area contributed by atoms with Gasteiger partial charge in [0.1, 0.15) is 5.75 Å². The van der Waals surface area contributed by atoms with E-state index < -0.39 is 11.4 Å². The molecule has 37 heavy (non-hydrogen) atoms. The van der Waals surface area contributed by atoms with Crippen LogP contribution >= 0.6 is 0 Å². The quantitative estimate of drug-likeness (QED) is 0.127. The van der Waals surface area contributed by atoms with Crippen molar-refractivity contribution in [2.24, 2.45) is 5.41 Å². The number of carbonyl (C=O) groups excluding carboxylic acids is 1. The van der Waals surface area contributed by atoms with Crippen LogP contribution in [-0.2, 0) is 11.2 Å². The maximum absolute atomic E-state index is 12.3. The highest BCUT2D eigenvalue weighted by molar-refractivity contribution is 5.81. The summed E-state index contributed by atoms with van der Waals surface area (Å²) in [6.07, 6.45) is 15.9. The average Bonchev–Trinajstić information content (AvgIpc) is 2.95. The topological polar surface area (TPSA) is 75.9 Å². The molecule has 3 rings (SSSR count). The number of rotatable bonds is 14. The molecule has 0 saturated carbocycles. The number of hydrogen-bond acceptors (Lipinski definition) is 5. The van der Waals surface area contributed by atoms with Crippen LogP contribution in [0.2, 0.25) is 0 Å². The Labute approximate surface area is 221 Å². The molecule has 0 saturated heterocycles. The molecule has 0 N–H and O–H groups in total. The fourth-order valence-electron chi connectivity index (χ4n) is 4.11. The lowest BCUT2D eigenvalue weighted by atomic mass is 9.90. The fraction of sp³-hybridized carbons (Fsp3) is 0.438. The van der Waals surface area contributed by atoms with E-state index in [1.165, 1.54) is 56.9 Å². The van der Waals surface area contributed by atoms with Crippen LogP contribution in [0.5, 0.6) is 5.75 Å². The van der Waals surface area contributed by atoms with Crippen molar-refractivity contribution in [1.82, 2.24) is 9.97 Å². The van der Waals surface area contributed by atoms with Crippen molar-refractivity contribution < 1.29 is 9.53 Å². The minimum atomic E-state index is -1.14. The fourth-order valence-corrected chi connectivity index (χ4v) is 4.11. The predicted octanol–water partition coefficient (Wildman–Crippen LogP) is 8.34. The van der Waals surface area contributed by atoms with Gasteiger partial charge in [-0.1, -0.05) is 95.2 Å². The lowest BCUT2D eigenvalue weighted by Gasteiger charge is -2.17. The molecule has 0 aliphatic rings. The molecular weight excluding hydrogens is 458 g/mol. The van der Waals surface area contributed by atoms with E-state index in [4.69, 9.17) is 4.74 Å². The number of ether oxygens (including phenoxy) is 1. The maximum Gasteiger partial charge on any atom is 0.331 e. The second kappa shape index (κ2) is 14.3. The second-order valence-corrected chi connectivity index (χ2v) is 9.93. The van der Waals surface area contributed by atoms with Gasteiger partial charge in [-0.3, -0.25) is 0 Å². The van der Waals surface area contributed by atoms with Crippen LogP contribution in [0, 0.1) is 16.7 Å². The molecule has 0 aliphatic heterocycles. The molecule has 5 nitrogen and oxygen atoms in total. The van der Waals surface area contributed by atoms with E-state index in [9.17, 15) is 10.1 Å². The van der Waals surface area contributed by atoms with Gasteiger partial charge in [0, 0.05) is 18.0 Å². The molecule has 2 aromatic carbocycles. The van der Waals surface area contributed by atoms with Gasteiger partial charge in [-0.15, -0.1) is 0 Å². The van der Waals surface area contributed by atoms with Crippen molar-refractivity contribution in [3.05, 3.63) is 66.5 Å². The highest BCUT2D eigenvalue weighted by Crippen LogP contribution is 2.27. The molecule has 0 fully saturated rings. The SMILES string of the molecule is CCCCCCCCCCc1cnc(-c2ccc(-c3ccc(OC(=O)C(C)(C#N)CC)cc3)cc2)nc1. The normalized spacial score (nSPS) is 12.5. The van der Waals surface area contributed by atoms with Gasteiger partial charge in [0.2, 0.25) is 0 Å². The molecule has 5 heteroatoms. The van der Waals surface area contributed by atoms with Crippen LogP contribution in [0.1, 0.15) is 84.1 Å². The monoisotopic (exact) mass is 497 g/mol. The Morgan fingerprint density at radius 1 is 0.811 bits per heavy atom. The Balaban J connectivity index is 1.51. The van der Waals surface area contributed by atoms with Crippen molar-refractivity contribution in [1.29, 1.82) is 5.26 Å². The first kappa shape index (κ1) is 28.1. The van der Waals surface area contributed by atoms with Gasteiger partial charge >= 0.3 is 5.97 Å². The van der Waals surface area contributed by atoms with Crippen LogP contribution in [0.25, 0.3) is 22.5 Å². The van der Waals surface area contributed by atoms with Crippen molar-refractivity contribution in [3.63, 3.8) is 0 Å². The van der Waals surface area contributed by atoms with Crippen molar-refractivity contribution >= 4 is 5.97 Å². The van der Waals surface area contributed by atoms with E-state index >= 15 is 0 Å². The summed E-state index contributed by atoms with van der Waals surface area (Å²) >= 11 is 0. The molecular formula is C32H39N3O2. The summed E-state index contributed by atoms with van der Waals surface area (Å²) in [5, 5.41) is 9.27. The van der Waals surface area contributed by atoms with Gasteiger partial charge < -0.3 is 4.74 Å². The zero-order chi connectivity index (χ0) is 26.5. The van der Waals surface area contributed by atoms with Crippen LogP contribution in [0.3, 0.4) is 0 Å². The van der Waals surface area contributed by atoms with E-state index in [0.29, 0.717) is 12.2 Å². The molecule has 194 valence electrons. The van der Waals surface area contributed by atoms with Crippen molar-refractivity contribution in [2.75, 3.05) is 0 Å². The average molecular weight is 498 g/mol. The van der Waals surface area contributed by atoms with Crippen LogP contribution in [-0.4, -0.2) is 15.9 Å². The van der Waals surface area contributed by atoms with Gasteiger partial charge in [0.25, 0.3) is 0 Å². The minimum Gasteiger partial charge on any atom is -0.425 e. The molecule has 1 aromatic heterocycles. The number of hydrogen-bond donors (Lipinski definition) is 0. The molecule has 0 amide bonds. The van der Waals surface area contributed by atoms with E-state index in [-0.39, 0.29) is 0 Å². The first-order valence-corrected chi connectivity index (χ1v) is 13.6. The number of aryl methyl sites for hydroxylation is 1. The number of nitrogens with zero attached hydrogens (tertiary/aromatic N) is 3. The molecule has 0 bridgehead atoms. The third kappa shape index (κ3) is 8.25. The summed E-state index contributed by atoms with van der Waals surface area (Å²) in [7, 11) is 0. The standard InChI is InChI=1S/C32H39N3O2/c1-4-6-7-8-9-10-11-12-13-25-22-34-30(35-23-25)28-16-14-26(15-17-28)27-18-20-29(21-19-27)37-31(36)32(3,5-2)24-33/h14-23H,4-13H2,1-3H3. The molecule has 3 aromatic rings. The largest absolute Gasteiger partial charge is 0.425 e. The first-order chi connectivity index (χ1) is 18.0. The summed E-state index contributed by atoms with van der Waals surface area (Å²) in [5.41, 5.74) is 3.09. The molecule has 1 unspecified atom stereocenters. The molecule has 1 atom stereocenters. The van der Waals surface area contributed by atoms with Gasteiger partial charge in [-0.2, -0.15) is 5.26 Å². The van der Waals surface area contributed by atoms with E-state index in [1.807, 2.05) is 54.9 Å². The number of benzene rings is 2. The number of unbranched alkanes of at least 4 members (excludes halogenated alkanes) is 7. The minimum absolute atomic E-state index is 0.401. The Morgan fingerprint density at radius 2 is 1.32 bits per heavy atom. The first-order valence-electron chi connectivity index (χ1n) is 13.6. The van der Waals surface area contributed by atoms with E-state index in [1.54, 1.807) is 26.0 Å². The zero-order valence-electron chi connectivity index (χ0n) is 22.5. The van der Waals surface area contributed by atoms with Gasteiger partial charge in [0.05, 0.1) is 6.07 Å². The van der Waals surface area contributed by atoms with Crippen LogP contribution in [0.4, 0.5) is 0 Å². The van der Waals surface area contributed by atoms with Crippen LogP contribution in [0.15, 0.2) is 60.9 Å². The lowest BCUT2D eigenvalue weighted by Crippen LogP contribution is -2.29. The van der Waals surface area contributed by atoms with Crippen LogP contribution < -0.4 is 4.74 Å². The number of nitriles is 1. The lowest BCUT2D eigenvalue weighted by molar-refractivity contribution is -0.141. The maximum atomic E-state index is 12.3. The van der Waals surface area contributed by atoms with Gasteiger partial charge in [-0.05, 0) is 55.0 Å². The van der Waals surface area contributed by atoms with Gasteiger partial charge in [0.15, 0.2) is 11.2 Å². The predicted molar refractivity (Wildman–Crippen MR) is 149 cm³/mol. The highest BCUT2D eigenvalue weighted by Gasteiger charge is 2.33. The number of carbonyl (C=O) groups is 1. The Morgan fingerprint density at radius 3 is 1.86 bits per heavy atom. The summed E-state index contributed by atoms with van der Waals surface area (Å²) < 4.78 is 5.42. The number of aromatic nitrogens is 2. The second-order valence-electron chi connectivity index (χ2n) is 9.93. The van der Waals surface area contributed by atoms with Crippen molar-refractivity contribution in [3.8, 4) is 34.3 Å². The zero-order valence-corrected chi connectivity index (χ0v) is 22.5. The summed E-state index contributed by atoms with van der Waals surface area (Å²) in [5.74, 6) is 0.629. The molecule has 1 heterocycles. The highest BCUT2D eigenvalue weighted by atomic mass is 16.5. The smallest absolute Gasteiger partial charge is 0.331 e. The number of esters is 1. The van der Waals surface area contributed by atoms with E-state index in [2.05, 4.69) is 16.9 Å². The Bertz CT molecular complexity index is 1150. The van der Waals surface area contributed by atoms with Gasteiger partial charge in [-0.25, -0.2) is 14.8 Å². The summed E-state index contributed by atoms with van der Waals surface area (Å²) in [6.45, 7) is 5.65. The van der Waals surface area contributed by atoms with E-state index in [0.717, 1.165) is 28.9 Å². The molecule has 0 aliphatic carbocycles. The Hall–Kier alpha value is -3.52. The third-order valence-corrected chi connectivity index (χ3v) is 6.97.